The number of piperazine rings is 1. The molecule has 35 heavy (non-hydrogen) atoms. The SMILES string of the molecule is CN(C)c1ccc2cc(S(=O)(=O)O)cc(OCC(=O)N3CCN(Cc4ccc(Cl)cc4)CC3)c2c1. The smallest absolute Gasteiger partial charge is 0.294 e. The second-order valence-electron chi connectivity index (χ2n) is 8.77. The maximum atomic E-state index is 12.9. The second kappa shape index (κ2) is 10.4. The fourth-order valence-corrected chi connectivity index (χ4v) is 4.72. The van der Waals surface area contributed by atoms with Gasteiger partial charge in [-0.3, -0.25) is 14.2 Å². The van der Waals surface area contributed by atoms with Gasteiger partial charge in [0, 0.05) is 69.0 Å². The second-order valence-corrected chi connectivity index (χ2v) is 10.6. The standard InChI is InChI=1S/C25H28ClN3O5S/c1-27(2)21-8-5-19-13-22(35(31,32)33)15-24(23(19)14-21)34-17-25(30)29-11-9-28(10-12-29)16-18-3-6-20(26)7-4-18/h3-8,13-15H,9-12,16-17H2,1-2H3,(H,31,32,33). The summed E-state index contributed by atoms with van der Waals surface area (Å²) in [5, 5.41) is 1.95. The Hall–Kier alpha value is -2.85. The number of rotatable bonds is 7. The van der Waals surface area contributed by atoms with Crippen LogP contribution in [0.4, 0.5) is 5.69 Å². The molecule has 3 aromatic carbocycles. The van der Waals surface area contributed by atoms with Crippen LogP contribution in [-0.2, 0) is 21.5 Å². The number of ether oxygens (including phenoxy) is 1. The summed E-state index contributed by atoms with van der Waals surface area (Å²) in [6, 6.07) is 15.8. The number of carbonyl (C=O) groups is 1. The molecule has 0 unspecified atom stereocenters. The Morgan fingerprint density at radius 2 is 1.71 bits per heavy atom. The molecular formula is C25H28ClN3O5S. The van der Waals surface area contributed by atoms with Gasteiger partial charge in [0.2, 0.25) is 0 Å². The third-order valence-corrected chi connectivity index (χ3v) is 7.17. The lowest BCUT2D eigenvalue weighted by molar-refractivity contribution is -0.135. The molecule has 4 rings (SSSR count). The molecule has 1 amide bonds. The molecule has 1 saturated heterocycles. The van der Waals surface area contributed by atoms with Gasteiger partial charge in [0.1, 0.15) is 5.75 Å². The first-order valence-corrected chi connectivity index (χ1v) is 13.0. The monoisotopic (exact) mass is 517 g/mol. The minimum absolute atomic E-state index is 0.176. The molecule has 1 heterocycles. The molecule has 1 aliphatic heterocycles. The molecule has 0 aliphatic carbocycles. The van der Waals surface area contributed by atoms with Crippen molar-refractivity contribution in [2.45, 2.75) is 11.4 Å². The van der Waals surface area contributed by atoms with Crippen LogP contribution in [0.3, 0.4) is 0 Å². The average molecular weight is 518 g/mol. The largest absolute Gasteiger partial charge is 0.483 e. The number of anilines is 1. The van der Waals surface area contributed by atoms with Crippen molar-refractivity contribution in [2.24, 2.45) is 0 Å². The third-order valence-electron chi connectivity index (χ3n) is 6.08. The van der Waals surface area contributed by atoms with E-state index < -0.39 is 10.1 Å². The Morgan fingerprint density at radius 1 is 1.03 bits per heavy atom. The molecule has 0 bridgehead atoms. The molecule has 0 spiro atoms. The van der Waals surface area contributed by atoms with Crippen molar-refractivity contribution in [1.29, 1.82) is 0 Å². The zero-order valence-corrected chi connectivity index (χ0v) is 21.2. The number of carbonyl (C=O) groups excluding carboxylic acids is 1. The highest BCUT2D eigenvalue weighted by atomic mass is 35.5. The third kappa shape index (κ3) is 6.24. The van der Waals surface area contributed by atoms with Gasteiger partial charge >= 0.3 is 0 Å². The van der Waals surface area contributed by atoms with Gasteiger partial charge in [-0.25, -0.2) is 0 Å². The first-order valence-electron chi connectivity index (χ1n) is 11.2. The highest BCUT2D eigenvalue weighted by molar-refractivity contribution is 7.85. The summed E-state index contributed by atoms with van der Waals surface area (Å²) in [4.78, 5) is 18.5. The predicted octanol–water partition coefficient (Wildman–Crippen LogP) is 3.53. The van der Waals surface area contributed by atoms with Gasteiger partial charge in [-0.15, -0.1) is 0 Å². The maximum absolute atomic E-state index is 12.9. The molecule has 0 radical (unpaired) electrons. The van der Waals surface area contributed by atoms with Crippen molar-refractivity contribution in [1.82, 2.24) is 9.80 Å². The van der Waals surface area contributed by atoms with Gasteiger partial charge < -0.3 is 14.5 Å². The maximum Gasteiger partial charge on any atom is 0.294 e. The van der Waals surface area contributed by atoms with E-state index in [-0.39, 0.29) is 23.2 Å². The van der Waals surface area contributed by atoms with Crippen molar-refractivity contribution in [3.05, 3.63) is 65.2 Å². The minimum Gasteiger partial charge on any atom is -0.483 e. The predicted molar refractivity (Wildman–Crippen MR) is 137 cm³/mol. The summed E-state index contributed by atoms with van der Waals surface area (Å²) in [6.07, 6.45) is 0. The number of hydrogen-bond donors (Lipinski definition) is 1. The number of halogens is 1. The van der Waals surface area contributed by atoms with E-state index >= 15 is 0 Å². The van der Waals surface area contributed by atoms with E-state index in [1.54, 1.807) is 11.0 Å². The van der Waals surface area contributed by atoms with Crippen LogP contribution < -0.4 is 9.64 Å². The lowest BCUT2D eigenvalue weighted by Crippen LogP contribution is -2.49. The zero-order valence-electron chi connectivity index (χ0n) is 19.6. The van der Waals surface area contributed by atoms with E-state index in [1.807, 2.05) is 55.4 Å². The Balaban J connectivity index is 1.43. The Bertz CT molecular complexity index is 1320. The minimum atomic E-state index is -4.44. The van der Waals surface area contributed by atoms with Crippen LogP contribution in [0.2, 0.25) is 5.02 Å². The average Bonchev–Trinajstić information content (AvgIpc) is 2.83. The van der Waals surface area contributed by atoms with Gasteiger partial charge in [-0.2, -0.15) is 8.42 Å². The van der Waals surface area contributed by atoms with Crippen molar-refractivity contribution < 1.29 is 22.5 Å². The normalized spacial score (nSPS) is 14.8. The van der Waals surface area contributed by atoms with Crippen LogP contribution in [0.1, 0.15) is 5.56 Å². The van der Waals surface area contributed by atoms with Crippen LogP contribution in [0.5, 0.6) is 5.75 Å². The number of nitrogens with zero attached hydrogens (tertiary/aromatic N) is 3. The van der Waals surface area contributed by atoms with Crippen LogP contribution in [0.15, 0.2) is 59.5 Å². The quantitative estimate of drug-likeness (QED) is 0.479. The number of hydrogen-bond acceptors (Lipinski definition) is 6. The van der Waals surface area contributed by atoms with E-state index in [1.165, 1.54) is 17.7 Å². The molecule has 0 aromatic heterocycles. The van der Waals surface area contributed by atoms with E-state index in [2.05, 4.69) is 4.90 Å². The summed E-state index contributed by atoms with van der Waals surface area (Å²) in [6.45, 7) is 3.19. The molecule has 0 atom stereocenters. The van der Waals surface area contributed by atoms with Gasteiger partial charge in [0.15, 0.2) is 6.61 Å². The van der Waals surface area contributed by atoms with E-state index in [0.29, 0.717) is 28.9 Å². The molecule has 8 nitrogen and oxygen atoms in total. The Labute approximate surface area is 210 Å². The van der Waals surface area contributed by atoms with Gasteiger partial charge in [-0.05, 0) is 41.3 Å². The molecule has 1 fully saturated rings. The molecule has 1 aliphatic rings. The molecule has 0 saturated carbocycles. The van der Waals surface area contributed by atoms with E-state index in [4.69, 9.17) is 16.3 Å². The van der Waals surface area contributed by atoms with E-state index in [9.17, 15) is 17.8 Å². The molecule has 186 valence electrons. The molecule has 10 heteroatoms. The van der Waals surface area contributed by atoms with Crippen LogP contribution in [0, 0.1) is 0 Å². The van der Waals surface area contributed by atoms with Crippen molar-refractivity contribution in [3.8, 4) is 5.75 Å². The van der Waals surface area contributed by atoms with Crippen molar-refractivity contribution in [2.75, 3.05) is 51.8 Å². The number of benzene rings is 3. The highest BCUT2D eigenvalue weighted by Crippen LogP contribution is 2.32. The summed E-state index contributed by atoms with van der Waals surface area (Å²) in [7, 11) is -0.649. The van der Waals surface area contributed by atoms with Gasteiger partial charge in [0.25, 0.3) is 16.0 Å². The van der Waals surface area contributed by atoms with Crippen LogP contribution in [0.25, 0.3) is 10.8 Å². The first kappa shape index (κ1) is 25.2. The number of fused-ring (bicyclic) bond motifs is 1. The molecule has 3 aromatic rings. The Morgan fingerprint density at radius 3 is 2.34 bits per heavy atom. The van der Waals surface area contributed by atoms with Gasteiger partial charge in [0.05, 0.1) is 4.90 Å². The summed E-state index contributed by atoms with van der Waals surface area (Å²) in [5.41, 5.74) is 2.06. The van der Waals surface area contributed by atoms with Crippen molar-refractivity contribution >= 4 is 44.1 Å². The fourth-order valence-electron chi connectivity index (χ4n) is 4.07. The Kier molecular flexibility index (Phi) is 7.51. The fraction of sp³-hybridized carbons (Fsp3) is 0.320. The number of amides is 1. The van der Waals surface area contributed by atoms with E-state index in [0.717, 1.165) is 25.3 Å². The van der Waals surface area contributed by atoms with Gasteiger partial charge in [-0.1, -0.05) is 29.8 Å². The van der Waals surface area contributed by atoms with Crippen LogP contribution in [-0.4, -0.2) is 75.6 Å². The highest BCUT2D eigenvalue weighted by Gasteiger charge is 2.22. The zero-order chi connectivity index (χ0) is 25.2. The topological polar surface area (TPSA) is 90.4 Å². The van der Waals surface area contributed by atoms with Crippen molar-refractivity contribution in [3.63, 3.8) is 0 Å². The summed E-state index contributed by atoms with van der Waals surface area (Å²) < 4.78 is 38.9. The molecular weight excluding hydrogens is 490 g/mol. The first-order chi connectivity index (χ1) is 16.6. The summed E-state index contributed by atoms with van der Waals surface area (Å²) >= 11 is 5.95. The van der Waals surface area contributed by atoms with Crippen LogP contribution >= 0.6 is 11.6 Å². The lowest BCUT2D eigenvalue weighted by atomic mass is 10.1. The lowest BCUT2D eigenvalue weighted by Gasteiger charge is -2.34. The molecule has 1 N–H and O–H groups in total. The summed E-state index contributed by atoms with van der Waals surface area (Å²) in [5.74, 6) is 0.0545.